The average Bonchev–Trinajstić information content (AvgIpc) is 3.40. The van der Waals surface area contributed by atoms with E-state index in [1.165, 1.54) is 16.4 Å². The van der Waals surface area contributed by atoms with Gasteiger partial charge < -0.3 is 10.2 Å². The number of rotatable bonds is 5. The van der Waals surface area contributed by atoms with Crippen molar-refractivity contribution in [2.45, 2.75) is 24.2 Å². The minimum atomic E-state index is -3.49. The molecule has 2 aromatic carbocycles. The van der Waals surface area contributed by atoms with Gasteiger partial charge in [0.2, 0.25) is 21.8 Å². The van der Waals surface area contributed by atoms with Gasteiger partial charge in [-0.1, -0.05) is 11.6 Å². The summed E-state index contributed by atoms with van der Waals surface area (Å²) in [7, 11) is -3.49. The van der Waals surface area contributed by atoms with E-state index in [0.29, 0.717) is 29.5 Å². The summed E-state index contributed by atoms with van der Waals surface area (Å²) in [6.45, 7) is 1.37. The highest BCUT2D eigenvalue weighted by molar-refractivity contribution is 7.89. The topological polar surface area (TPSA) is 86.8 Å². The van der Waals surface area contributed by atoms with Crippen molar-refractivity contribution in [3.63, 3.8) is 0 Å². The average molecular weight is 448 g/mol. The van der Waals surface area contributed by atoms with Gasteiger partial charge in [0.25, 0.3) is 0 Å². The third kappa shape index (κ3) is 4.21. The Kier molecular flexibility index (Phi) is 5.81. The van der Waals surface area contributed by atoms with Gasteiger partial charge in [0.05, 0.1) is 10.8 Å². The van der Waals surface area contributed by atoms with Crippen molar-refractivity contribution in [2.24, 2.45) is 5.92 Å². The first kappa shape index (κ1) is 20.8. The summed E-state index contributed by atoms with van der Waals surface area (Å²) in [4.78, 5) is 26.8. The van der Waals surface area contributed by atoms with E-state index in [9.17, 15) is 18.0 Å². The first-order chi connectivity index (χ1) is 14.3. The second-order valence-electron chi connectivity index (χ2n) is 7.51. The van der Waals surface area contributed by atoms with Crippen LogP contribution in [-0.2, 0) is 19.6 Å². The zero-order chi connectivity index (χ0) is 21.3. The lowest BCUT2D eigenvalue weighted by Gasteiger charge is -2.17. The van der Waals surface area contributed by atoms with Crippen LogP contribution in [0.1, 0.15) is 19.3 Å². The molecule has 0 bridgehead atoms. The molecular formula is C21H22ClN3O4S. The molecule has 7 nitrogen and oxygen atoms in total. The van der Waals surface area contributed by atoms with Crippen LogP contribution in [0.25, 0.3) is 0 Å². The Morgan fingerprint density at radius 1 is 1.00 bits per heavy atom. The van der Waals surface area contributed by atoms with E-state index in [2.05, 4.69) is 5.32 Å². The fourth-order valence-electron chi connectivity index (χ4n) is 3.79. The van der Waals surface area contributed by atoms with E-state index in [-0.39, 0.29) is 29.7 Å². The van der Waals surface area contributed by atoms with Gasteiger partial charge in [0, 0.05) is 42.5 Å². The second-order valence-corrected chi connectivity index (χ2v) is 9.88. The van der Waals surface area contributed by atoms with E-state index < -0.39 is 15.9 Å². The molecule has 30 heavy (non-hydrogen) atoms. The molecule has 158 valence electrons. The Hall–Kier alpha value is -2.42. The molecule has 1 unspecified atom stereocenters. The zero-order valence-electron chi connectivity index (χ0n) is 16.3. The number of carbonyl (C=O) groups is 2. The molecule has 2 amide bonds. The Bertz CT molecular complexity index is 1050. The predicted octanol–water partition coefficient (Wildman–Crippen LogP) is 3.12. The number of halogens is 1. The summed E-state index contributed by atoms with van der Waals surface area (Å²) in [5.41, 5.74) is 1.20. The van der Waals surface area contributed by atoms with E-state index >= 15 is 0 Å². The minimum absolute atomic E-state index is 0.121. The van der Waals surface area contributed by atoms with Crippen LogP contribution >= 0.6 is 11.6 Å². The highest BCUT2D eigenvalue weighted by atomic mass is 35.5. The zero-order valence-corrected chi connectivity index (χ0v) is 17.8. The normalized spacial score (nSPS) is 20.0. The Morgan fingerprint density at radius 3 is 2.27 bits per heavy atom. The van der Waals surface area contributed by atoms with E-state index in [0.717, 1.165) is 12.8 Å². The molecule has 0 saturated carbocycles. The summed E-state index contributed by atoms with van der Waals surface area (Å²) in [5, 5.41) is 3.36. The third-order valence-electron chi connectivity index (χ3n) is 5.46. The lowest BCUT2D eigenvalue weighted by atomic mass is 10.1. The van der Waals surface area contributed by atoms with Crippen molar-refractivity contribution >= 4 is 44.8 Å². The highest BCUT2D eigenvalue weighted by Crippen LogP contribution is 2.28. The minimum Gasteiger partial charge on any atom is -0.326 e. The number of hydrogen-bond acceptors (Lipinski definition) is 4. The number of hydrogen-bond donors (Lipinski definition) is 1. The fraction of sp³-hybridized carbons (Fsp3) is 0.333. The number of amides is 2. The number of carbonyl (C=O) groups excluding carboxylic acids is 2. The summed E-state index contributed by atoms with van der Waals surface area (Å²) < 4.78 is 26.7. The van der Waals surface area contributed by atoms with Gasteiger partial charge in [-0.25, -0.2) is 8.42 Å². The second kappa shape index (κ2) is 8.37. The molecular weight excluding hydrogens is 426 g/mol. The van der Waals surface area contributed by atoms with E-state index in [1.54, 1.807) is 41.3 Å². The van der Waals surface area contributed by atoms with Gasteiger partial charge in [-0.2, -0.15) is 4.31 Å². The van der Waals surface area contributed by atoms with Gasteiger partial charge in [-0.3, -0.25) is 9.59 Å². The van der Waals surface area contributed by atoms with Gasteiger partial charge >= 0.3 is 0 Å². The standard InChI is InChI=1S/C21H22ClN3O4S/c22-16-3-7-18(8-4-16)25-14-15(13-20(25)26)21(27)23-17-5-9-19(10-6-17)30(28,29)24-11-1-2-12-24/h3-10,15H,1-2,11-14H2,(H,23,27). The van der Waals surface area contributed by atoms with Crippen molar-refractivity contribution in [2.75, 3.05) is 29.9 Å². The first-order valence-electron chi connectivity index (χ1n) is 9.81. The van der Waals surface area contributed by atoms with Crippen LogP contribution in [0.15, 0.2) is 53.4 Å². The van der Waals surface area contributed by atoms with Crippen LogP contribution in [0.2, 0.25) is 5.02 Å². The molecule has 2 heterocycles. The number of nitrogens with one attached hydrogen (secondary N) is 1. The maximum Gasteiger partial charge on any atom is 0.243 e. The van der Waals surface area contributed by atoms with Gasteiger partial charge in [0.1, 0.15) is 0 Å². The molecule has 4 rings (SSSR count). The summed E-state index contributed by atoms with van der Waals surface area (Å²) in [5.74, 6) is -0.874. The summed E-state index contributed by atoms with van der Waals surface area (Å²) in [6, 6.07) is 13.1. The van der Waals surface area contributed by atoms with Crippen molar-refractivity contribution in [1.29, 1.82) is 0 Å². The molecule has 1 N–H and O–H groups in total. The Morgan fingerprint density at radius 2 is 1.63 bits per heavy atom. The van der Waals surface area contributed by atoms with Crippen molar-refractivity contribution in [3.8, 4) is 0 Å². The Balaban J connectivity index is 1.40. The molecule has 2 aliphatic rings. The van der Waals surface area contributed by atoms with Gasteiger partial charge in [0.15, 0.2) is 0 Å². The largest absolute Gasteiger partial charge is 0.326 e. The molecule has 0 radical (unpaired) electrons. The van der Waals surface area contributed by atoms with Crippen LogP contribution in [0.3, 0.4) is 0 Å². The quantitative estimate of drug-likeness (QED) is 0.762. The van der Waals surface area contributed by atoms with E-state index in [1.807, 2.05) is 0 Å². The van der Waals surface area contributed by atoms with Crippen molar-refractivity contribution < 1.29 is 18.0 Å². The smallest absolute Gasteiger partial charge is 0.243 e. The number of sulfonamides is 1. The molecule has 2 fully saturated rings. The lowest BCUT2D eigenvalue weighted by molar-refractivity contribution is -0.122. The van der Waals surface area contributed by atoms with Crippen molar-refractivity contribution in [1.82, 2.24) is 4.31 Å². The highest BCUT2D eigenvalue weighted by Gasteiger charge is 2.35. The Labute approximate surface area is 180 Å². The maximum atomic E-state index is 12.6. The van der Waals surface area contributed by atoms with Crippen LogP contribution in [0.4, 0.5) is 11.4 Å². The molecule has 0 aromatic heterocycles. The first-order valence-corrected chi connectivity index (χ1v) is 11.6. The molecule has 9 heteroatoms. The van der Waals surface area contributed by atoms with Crippen LogP contribution < -0.4 is 10.2 Å². The summed E-state index contributed by atoms with van der Waals surface area (Å²) >= 11 is 5.89. The molecule has 0 aliphatic carbocycles. The molecule has 1 atom stereocenters. The maximum absolute atomic E-state index is 12.6. The summed E-state index contributed by atoms with van der Waals surface area (Å²) in [6.07, 6.45) is 1.87. The third-order valence-corrected chi connectivity index (χ3v) is 7.62. The van der Waals surface area contributed by atoms with Gasteiger partial charge in [-0.15, -0.1) is 0 Å². The monoisotopic (exact) mass is 447 g/mol. The number of nitrogens with zero attached hydrogens (tertiary/aromatic N) is 2. The molecule has 2 saturated heterocycles. The lowest BCUT2D eigenvalue weighted by Crippen LogP contribution is -2.28. The van der Waals surface area contributed by atoms with Crippen LogP contribution in [0, 0.1) is 5.92 Å². The molecule has 2 aliphatic heterocycles. The fourth-order valence-corrected chi connectivity index (χ4v) is 5.43. The predicted molar refractivity (Wildman–Crippen MR) is 115 cm³/mol. The number of anilines is 2. The van der Waals surface area contributed by atoms with Crippen LogP contribution in [0.5, 0.6) is 0 Å². The molecule has 0 spiro atoms. The van der Waals surface area contributed by atoms with Gasteiger partial charge in [-0.05, 0) is 61.4 Å². The van der Waals surface area contributed by atoms with Crippen LogP contribution in [-0.4, -0.2) is 44.2 Å². The van der Waals surface area contributed by atoms with E-state index in [4.69, 9.17) is 11.6 Å². The van der Waals surface area contributed by atoms with Crippen molar-refractivity contribution in [3.05, 3.63) is 53.6 Å². The number of benzene rings is 2. The molecule has 2 aromatic rings. The SMILES string of the molecule is O=C(Nc1ccc(S(=O)(=O)N2CCCC2)cc1)C1CC(=O)N(c2ccc(Cl)cc2)C1.